The molecule has 0 spiro atoms. The minimum Gasteiger partial charge on any atom is -0.461 e. The van der Waals surface area contributed by atoms with Crippen LogP contribution in [0.1, 0.15) is 44.6 Å². The summed E-state index contributed by atoms with van der Waals surface area (Å²) in [5, 5.41) is 10.2. The summed E-state index contributed by atoms with van der Waals surface area (Å²) in [6.07, 6.45) is -1.64. The van der Waals surface area contributed by atoms with Crippen LogP contribution in [0.3, 0.4) is 0 Å². The lowest BCUT2D eigenvalue weighted by molar-refractivity contribution is -0.137. The van der Waals surface area contributed by atoms with E-state index in [1.165, 1.54) is 6.20 Å². The molecule has 3 saturated heterocycles. The van der Waals surface area contributed by atoms with Crippen LogP contribution >= 0.6 is 11.6 Å². The summed E-state index contributed by atoms with van der Waals surface area (Å²) in [7, 11) is 0. The summed E-state index contributed by atoms with van der Waals surface area (Å²) in [6, 6.07) is 1.70. The zero-order valence-electron chi connectivity index (χ0n) is 22.8. The molecule has 0 unspecified atom stereocenters. The van der Waals surface area contributed by atoms with Crippen molar-refractivity contribution in [3.05, 3.63) is 34.7 Å². The van der Waals surface area contributed by atoms with Gasteiger partial charge < -0.3 is 20.5 Å². The molecule has 3 aliphatic rings. The minimum atomic E-state index is -4.92. The molecule has 3 fully saturated rings. The molecule has 8 nitrogen and oxygen atoms in total. The molecule has 0 bridgehead atoms. The summed E-state index contributed by atoms with van der Waals surface area (Å²) < 4.78 is 78.7. The fraction of sp³-hybridized carbons (Fsp3) is 0.536. The molecule has 2 aromatic heterocycles. The molecule has 0 radical (unpaired) electrons. The number of ether oxygens (including phenoxy) is 1. The monoisotopic (exact) mass is 612 g/mol. The van der Waals surface area contributed by atoms with Crippen molar-refractivity contribution in [2.45, 2.75) is 62.5 Å². The van der Waals surface area contributed by atoms with Crippen molar-refractivity contribution in [1.29, 1.82) is 0 Å². The van der Waals surface area contributed by atoms with E-state index in [9.17, 15) is 22.7 Å². The predicted molar refractivity (Wildman–Crippen MR) is 148 cm³/mol. The van der Waals surface area contributed by atoms with E-state index in [0.29, 0.717) is 32.4 Å². The van der Waals surface area contributed by atoms with Crippen molar-refractivity contribution in [2.24, 2.45) is 0 Å². The van der Waals surface area contributed by atoms with Crippen molar-refractivity contribution in [1.82, 2.24) is 19.9 Å². The van der Waals surface area contributed by atoms with Gasteiger partial charge in [-0.15, -0.1) is 0 Å². The largest absolute Gasteiger partial charge is 0.461 e. The topological polar surface area (TPSA) is 101 Å². The number of nitrogens with two attached hydrogens (primary N) is 1. The van der Waals surface area contributed by atoms with Crippen LogP contribution in [-0.2, 0) is 6.18 Å². The van der Waals surface area contributed by atoms with Gasteiger partial charge in [-0.1, -0.05) is 11.6 Å². The van der Waals surface area contributed by atoms with E-state index in [1.54, 1.807) is 11.8 Å². The van der Waals surface area contributed by atoms with E-state index in [-0.39, 0.29) is 41.6 Å². The molecule has 226 valence electrons. The lowest BCUT2D eigenvalue weighted by atomic mass is 9.95. The normalized spacial score (nSPS) is 26.7. The van der Waals surface area contributed by atoms with Crippen LogP contribution < -0.4 is 15.4 Å². The highest BCUT2D eigenvalue weighted by molar-refractivity contribution is 6.32. The van der Waals surface area contributed by atoms with Gasteiger partial charge in [0.15, 0.2) is 5.82 Å². The lowest BCUT2D eigenvalue weighted by Gasteiger charge is -2.38. The van der Waals surface area contributed by atoms with Gasteiger partial charge in [-0.2, -0.15) is 23.1 Å². The quantitative estimate of drug-likeness (QED) is 0.292. The minimum absolute atomic E-state index is 0.0681. The molecule has 1 aromatic carbocycles. The summed E-state index contributed by atoms with van der Waals surface area (Å²) >= 11 is 5.92. The van der Waals surface area contributed by atoms with Gasteiger partial charge in [0, 0.05) is 43.5 Å². The van der Waals surface area contributed by atoms with Crippen LogP contribution in [0, 0.1) is 5.82 Å². The van der Waals surface area contributed by atoms with Crippen molar-refractivity contribution < 1.29 is 31.8 Å². The molecule has 0 aliphatic carbocycles. The highest BCUT2D eigenvalue weighted by Gasteiger charge is 2.49. The molecule has 14 heteroatoms. The van der Waals surface area contributed by atoms with E-state index in [2.05, 4.69) is 15.0 Å². The van der Waals surface area contributed by atoms with Crippen molar-refractivity contribution in [3.63, 3.8) is 0 Å². The Bertz CT molecular complexity index is 1540. The first-order valence-electron chi connectivity index (χ1n) is 13.8. The molecule has 6 rings (SSSR count). The fourth-order valence-electron chi connectivity index (χ4n) is 6.67. The van der Waals surface area contributed by atoms with Gasteiger partial charge in [0.25, 0.3) is 0 Å². The number of benzene rings is 1. The molecular weight excluding hydrogens is 583 g/mol. The van der Waals surface area contributed by atoms with Gasteiger partial charge in [-0.3, -0.25) is 9.88 Å². The number of halogens is 6. The Morgan fingerprint density at radius 3 is 2.69 bits per heavy atom. The third kappa shape index (κ3) is 5.19. The number of rotatable bonds is 5. The molecule has 5 heterocycles. The van der Waals surface area contributed by atoms with Crippen LogP contribution in [0.15, 0.2) is 18.3 Å². The van der Waals surface area contributed by atoms with Gasteiger partial charge in [0.1, 0.15) is 29.8 Å². The number of piperidine rings is 1. The summed E-state index contributed by atoms with van der Waals surface area (Å²) in [6.45, 7) is 3.45. The van der Waals surface area contributed by atoms with E-state index in [4.69, 9.17) is 22.1 Å². The first-order chi connectivity index (χ1) is 19.8. The van der Waals surface area contributed by atoms with Crippen LogP contribution in [0.2, 0.25) is 5.02 Å². The average molecular weight is 613 g/mol. The van der Waals surface area contributed by atoms with Crippen molar-refractivity contribution in [3.8, 4) is 17.3 Å². The number of nitrogens with zero attached hydrogens (tertiary/aromatic N) is 5. The molecular formula is C28H30ClF5N6O2. The van der Waals surface area contributed by atoms with E-state index >= 15 is 4.39 Å². The molecule has 3 aromatic rings. The summed E-state index contributed by atoms with van der Waals surface area (Å²) in [5.74, 6) is -0.910. The van der Waals surface area contributed by atoms with Gasteiger partial charge in [-0.25, -0.2) is 8.78 Å². The molecule has 42 heavy (non-hydrogen) atoms. The Balaban J connectivity index is 1.48. The number of fused-ring (bicyclic) bond motifs is 2. The average Bonchev–Trinajstić information content (AvgIpc) is 3.41. The van der Waals surface area contributed by atoms with Crippen molar-refractivity contribution in [2.75, 3.05) is 43.4 Å². The maximum atomic E-state index is 16.3. The second kappa shape index (κ2) is 10.3. The first kappa shape index (κ1) is 29.1. The number of pyridine rings is 1. The van der Waals surface area contributed by atoms with Gasteiger partial charge in [0.2, 0.25) is 0 Å². The molecule has 0 saturated carbocycles. The highest BCUT2D eigenvalue weighted by atomic mass is 35.5. The Kier molecular flexibility index (Phi) is 7.13. The number of hydrogen-bond donors (Lipinski definition) is 2. The number of aliphatic hydroxyl groups is 1. The zero-order valence-corrected chi connectivity index (χ0v) is 23.6. The number of alkyl halides is 4. The SMILES string of the molecule is C[C@@]1(O)CCCN(c2nc(OC[C@@]34CCCN3C[C@H](F)C4)nc3c(F)c(-c4cc(N)cc(Cl)c4C(F)(F)F)ncc23)C1. The summed E-state index contributed by atoms with van der Waals surface area (Å²) in [5.41, 5.74) is 1.25. The molecule has 0 amide bonds. The summed E-state index contributed by atoms with van der Waals surface area (Å²) in [4.78, 5) is 16.7. The van der Waals surface area contributed by atoms with Crippen LogP contribution in [0.5, 0.6) is 6.01 Å². The second-order valence-electron chi connectivity index (χ2n) is 11.8. The van der Waals surface area contributed by atoms with E-state index in [0.717, 1.165) is 31.5 Å². The Labute approximate surface area is 243 Å². The van der Waals surface area contributed by atoms with Crippen molar-refractivity contribution >= 4 is 34.0 Å². The van der Waals surface area contributed by atoms with Crippen LogP contribution in [-0.4, -0.2) is 75.1 Å². The molecule has 3 atom stereocenters. The smallest absolute Gasteiger partial charge is 0.418 e. The Morgan fingerprint density at radius 1 is 1.19 bits per heavy atom. The number of nitrogen functional groups attached to an aromatic ring is 1. The van der Waals surface area contributed by atoms with E-state index < -0.39 is 51.1 Å². The van der Waals surface area contributed by atoms with Crippen LogP contribution in [0.25, 0.3) is 22.2 Å². The van der Waals surface area contributed by atoms with E-state index in [1.807, 2.05) is 4.90 Å². The third-order valence-corrected chi connectivity index (χ3v) is 8.80. The predicted octanol–water partition coefficient (Wildman–Crippen LogP) is 5.39. The maximum absolute atomic E-state index is 16.3. The zero-order chi connectivity index (χ0) is 30.0. The number of hydrogen-bond acceptors (Lipinski definition) is 8. The molecule has 3 aliphatic heterocycles. The Hall–Kier alpha value is -3.03. The van der Waals surface area contributed by atoms with Gasteiger partial charge in [0.05, 0.1) is 27.1 Å². The lowest BCUT2D eigenvalue weighted by Crippen LogP contribution is -2.46. The van der Waals surface area contributed by atoms with Gasteiger partial charge in [-0.05, 0) is 51.3 Å². The van der Waals surface area contributed by atoms with Crippen LogP contribution in [0.4, 0.5) is 33.5 Å². The fourth-order valence-corrected chi connectivity index (χ4v) is 7.00. The number of anilines is 2. The third-order valence-electron chi connectivity index (χ3n) is 8.50. The maximum Gasteiger partial charge on any atom is 0.418 e. The number of β-amino-alcohol motifs (C(OH)–C–C–N with tert-alkyl or cyclic N) is 1. The van der Waals surface area contributed by atoms with Gasteiger partial charge >= 0.3 is 12.2 Å². The second-order valence-corrected chi connectivity index (χ2v) is 12.2. The number of aromatic nitrogens is 3. The Morgan fingerprint density at radius 2 is 1.95 bits per heavy atom. The highest BCUT2D eigenvalue weighted by Crippen LogP contribution is 2.45. The molecule has 3 N–H and O–H groups in total. The first-order valence-corrected chi connectivity index (χ1v) is 14.2. The standard InChI is InChI=1S/C28H30ClF5N6O2/c1-26(41)4-2-6-39(13-26)24-18-11-36-22(17-8-16(35)9-19(29)20(17)28(32,33)34)21(31)23(18)37-25(38-24)42-14-27-5-3-7-40(27)12-15(30)10-27/h8-9,11,15,41H,2-7,10,12-14,35H2,1H3/t15-,26-,27+/m1/s1.